The summed E-state index contributed by atoms with van der Waals surface area (Å²) in [5, 5.41) is 0. The van der Waals surface area contributed by atoms with Crippen LogP contribution in [0.25, 0.3) is 0 Å². The van der Waals surface area contributed by atoms with E-state index in [9.17, 15) is 0 Å². The molecule has 0 N–H and O–H groups in total. The first-order chi connectivity index (χ1) is 1.91. The van der Waals surface area contributed by atoms with Gasteiger partial charge >= 0.3 is 0 Å². The van der Waals surface area contributed by atoms with E-state index in [1.807, 2.05) is 9.85 Å². The molecule has 0 aromatic heterocycles. The van der Waals surface area contributed by atoms with Crippen LogP contribution in [0.4, 0.5) is 0 Å². The number of hydrogen-bond donors (Lipinski definition) is 0. The zero-order valence-corrected chi connectivity index (χ0v) is 10.7. The van der Waals surface area contributed by atoms with Gasteiger partial charge in [-0.05, 0) is 16.3 Å². The van der Waals surface area contributed by atoms with Crippen LogP contribution >= 0.6 is 0 Å². The largest absolute Gasteiger partial charge is 0.110 e. The molecular weight excluding hydrogens is 339 g/mol. The predicted octanol–water partition coefficient (Wildman–Crippen LogP) is -0.173. The molecule has 0 aromatic rings. The fraction of sp³-hybridized carbons (Fsp3) is 0.667. The van der Waals surface area contributed by atoms with Crippen molar-refractivity contribution in [2.45, 2.75) is 13.3 Å². The molecule has 0 radical (unpaired) electrons. The third kappa shape index (κ3) is 17.4. The molecule has 6 heavy (non-hydrogen) atoms. The van der Waals surface area contributed by atoms with Gasteiger partial charge in [-0.2, -0.15) is 0 Å². The van der Waals surface area contributed by atoms with Gasteiger partial charge in [0.05, 0.1) is 0 Å². The summed E-state index contributed by atoms with van der Waals surface area (Å²) in [6.45, 7) is 2.13. The Labute approximate surface area is 75.5 Å². The van der Waals surface area contributed by atoms with Crippen LogP contribution < -0.4 is 0 Å². The molecular formula is C3H8SiWZr. The number of rotatable bonds is 1. The molecule has 34 valence electrons. The van der Waals surface area contributed by atoms with Gasteiger partial charge in [-0.15, -0.1) is 5.67 Å². The second-order valence-electron chi connectivity index (χ2n) is 0.697. The average molecular weight is 347 g/mol. The Morgan fingerprint density at radius 3 is 1.83 bits per heavy atom. The van der Waals surface area contributed by atoms with Crippen LogP contribution in [-0.4, -0.2) is 15.5 Å². The van der Waals surface area contributed by atoms with Gasteiger partial charge in [0.2, 0.25) is 0 Å². The topological polar surface area (TPSA) is 0 Å². The van der Waals surface area contributed by atoms with Crippen molar-refractivity contribution in [3.63, 3.8) is 0 Å². The van der Waals surface area contributed by atoms with Crippen molar-refractivity contribution >= 4 is 15.5 Å². The van der Waals surface area contributed by atoms with Gasteiger partial charge in [0.15, 0.2) is 0 Å². The van der Waals surface area contributed by atoms with E-state index < -0.39 is 0 Å². The molecule has 3 heteroatoms. The fourth-order valence-corrected chi connectivity index (χ4v) is 0. The van der Waals surface area contributed by atoms with Gasteiger partial charge in [0.1, 0.15) is 0 Å². The van der Waals surface area contributed by atoms with Crippen LogP contribution in [0.1, 0.15) is 13.3 Å². The smallest absolute Gasteiger partial charge is 0 e. The first-order valence-electron chi connectivity index (χ1n) is 1.52. The summed E-state index contributed by atoms with van der Waals surface area (Å²) in [6.07, 6.45) is 1.21. The summed E-state index contributed by atoms with van der Waals surface area (Å²) in [7, 11) is 1.90. The van der Waals surface area contributed by atoms with Crippen molar-refractivity contribution in [3.8, 4) is 0 Å². The van der Waals surface area contributed by atoms with Crippen molar-refractivity contribution in [2.24, 2.45) is 0 Å². The SMILES string of the molecule is CCC=[SiH2].[W].[Zr]. The van der Waals surface area contributed by atoms with Crippen molar-refractivity contribution in [1.82, 2.24) is 0 Å². The molecule has 0 fully saturated rings. The Kier molecular flexibility index (Phi) is 41.5. The standard InChI is InChI=1S/C3H8Si.W.Zr/c1-2-3-4;;/h3H,2,4H2,1H3;;. The minimum atomic E-state index is 0. The Morgan fingerprint density at radius 1 is 1.67 bits per heavy atom. The van der Waals surface area contributed by atoms with Crippen LogP contribution in [-0.2, 0) is 47.3 Å². The van der Waals surface area contributed by atoms with Gasteiger partial charge in [0.25, 0.3) is 0 Å². The summed E-state index contributed by atoms with van der Waals surface area (Å²) < 4.78 is 0. The van der Waals surface area contributed by atoms with E-state index in [1.165, 1.54) is 6.42 Å². The summed E-state index contributed by atoms with van der Waals surface area (Å²) in [5.41, 5.74) is 2.15. The molecule has 0 spiro atoms. The van der Waals surface area contributed by atoms with E-state index in [-0.39, 0.29) is 47.3 Å². The van der Waals surface area contributed by atoms with E-state index in [4.69, 9.17) is 0 Å². The maximum absolute atomic E-state index is 2.15. The van der Waals surface area contributed by atoms with Crippen LogP contribution in [0, 0.1) is 0 Å². The molecule has 0 aliphatic carbocycles. The molecule has 0 atom stereocenters. The number of hydrogen-bond acceptors (Lipinski definition) is 0. The van der Waals surface area contributed by atoms with Crippen LogP contribution in [0.3, 0.4) is 0 Å². The zero-order chi connectivity index (χ0) is 3.41. The summed E-state index contributed by atoms with van der Waals surface area (Å²) in [6, 6.07) is 0. The Hall–Kier alpha value is 1.66. The van der Waals surface area contributed by atoms with Crippen molar-refractivity contribution < 1.29 is 47.3 Å². The van der Waals surface area contributed by atoms with E-state index >= 15 is 0 Å². The zero-order valence-electron chi connectivity index (χ0n) is 3.90. The van der Waals surface area contributed by atoms with E-state index in [2.05, 4.69) is 12.6 Å². The first kappa shape index (κ1) is 15.6. The van der Waals surface area contributed by atoms with E-state index in [0.29, 0.717) is 0 Å². The van der Waals surface area contributed by atoms with Crippen LogP contribution in [0.5, 0.6) is 0 Å². The molecule has 0 unspecified atom stereocenters. The maximum Gasteiger partial charge on any atom is 0 e. The van der Waals surface area contributed by atoms with Gasteiger partial charge in [-0.25, -0.2) is 0 Å². The average Bonchev–Trinajstić information content (AvgIpc) is 1.37. The Bertz CT molecular complexity index is 24.8. The van der Waals surface area contributed by atoms with Crippen LogP contribution in [0.2, 0.25) is 0 Å². The summed E-state index contributed by atoms with van der Waals surface area (Å²) in [5.74, 6) is 0. The van der Waals surface area contributed by atoms with Crippen molar-refractivity contribution in [1.29, 1.82) is 0 Å². The van der Waals surface area contributed by atoms with Crippen molar-refractivity contribution in [2.75, 3.05) is 0 Å². The third-order valence-corrected chi connectivity index (χ3v) is 0.866. The quantitative estimate of drug-likeness (QED) is 0.578. The first-order valence-corrected chi connectivity index (χ1v) is 2.34. The normalized spacial score (nSPS) is 4.17. The molecule has 0 bridgehead atoms. The minimum absolute atomic E-state index is 0. The molecule has 0 rings (SSSR count). The summed E-state index contributed by atoms with van der Waals surface area (Å²) in [4.78, 5) is 0. The summed E-state index contributed by atoms with van der Waals surface area (Å²) >= 11 is 0. The van der Waals surface area contributed by atoms with E-state index in [1.54, 1.807) is 0 Å². The molecule has 0 amide bonds. The Morgan fingerprint density at radius 2 is 1.83 bits per heavy atom. The molecule has 0 saturated heterocycles. The van der Waals surface area contributed by atoms with Gasteiger partial charge in [-0.1, -0.05) is 6.92 Å². The van der Waals surface area contributed by atoms with Crippen molar-refractivity contribution in [3.05, 3.63) is 0 Å². The minimum Gasteiger partial charge on any atom is -0.110 e. The van der Waals surface area contributed by atoms with Gasteiger partial charge in [0, 0.05) is 47.3 Å². The van der Waals surface area contributed by atoms with Crippen LogP contribution in [0.15, 0.2) is 0 Å². The van der Waals surface area contributed by atoms with E-state index in [0.717, 1.165) is 0 Å². The fourth-order valence-electron chi connectivity index (χ4n) is 0. The third-order valence-electron chi connectivity index (χ3n) is 0.289. The second-order valence-corrected chi connectivity index (χ2v) is 1.27. The maximum atomic E-state index is 2.15. The molecule has 0 aromatic carbocycles. The predicted molar refractivity (Wildman–Crippen MR) is 24.9 cm³/mol. The molecule has 0 saturated carbocycles. The Balaban J connectivity index is -0.0000000450. The second kappa shape index (κ2) is 15.9. The van der Waals surface area contributed by atoms with Gasteiger partial charge < -0.3 is 0 Å². The molecule has 0 aliphatic heterocycles. The molecule has 0 nitrogen and oxygen atoms in total. The monoisotopic (exact) mass is 346 g/mol. The molecule has 0 aliphatic rings. The molecule has 0 heterocycles. The van der Waals surface area contributed by atoms with Gasteiger partial charge in [-0.3, -0.25) is 0 Å².